The fourth-order valence-electron chi connectivity index (χ4n) is 3.85. The molecule has 7 nitrogen and oxygen atoms in total. The molecule has 0 fully saturated rings. The van der Waals surface area contributed by atoms with Crippen molar-refractivity contribution in [3.63, 3.8) is 0 Å². The number of rotatable bonds is 13. The molecule has 0 unspecified atom stereocenters. The van der Waals surface area contributed by atoms with Gasteiger partial charge in [0.15, 0.2) is 5.78 Å². The van der Waals surface area contributed by atoms with E-state index in [0.717, 1.165) is 17.5 Å². The molecule has 0 saturated carbocycles. The number of carboxylic acid groups (broad SMARTS) is 1. The number of carboxylic acids is 1. The second-order valence-corrected chi connectivity index (χ2v) is 8.32. The van der Waals surface area contributed by atoms with Crippen LogP contribution in [-0.2, 0) is 12.8 Å². The molecule has 0 aliphatic heterocycles. The van der Waals surface area contributed by atoms with Crippen LogP contribution in [0.2, 0.25) is 0 Å². The maximum atomic E-state index is 11.7. The summed E-state index contributed by atoms with van der Waals surface area (Å²) in [7, 11) is 0. The van der Waals surface area contributed by atoms with Gasteiger partial charge in [-0.2, -0.15) is 0 Å². The quantitative estimate of drug-likeness (QED) is 0.176. The van der Waals surface area contributed by atoms with Crippen LogP contribution in [-0.4, -0.2) is 94.3 Å². The number of Topliss-reactive ketones (excluding diaryl/α,β-unsaturated/α-hetero) is 1. The Morgan fingerprint density at radius 1 is 0.816 bits per heavy atom. The molecule has 2 N–H and O–H groups in total. The van der Waals surface area contributed by atoms with Gasteiger partial charge in [-0.1, -0.05) is 38.5 Å². The first-order valence-corrected chi connectivity index (χ1v) is 12.1. The van der Waals surface area contributed by atoms with Gasteiger partial charge in [0.05, 0.1) is 18.8 Å². The number of aromatic carboxylic acids is 1. The van der Waals surface area contributed by atoms with Gasteiger partial charge in [0, 0.05) is 18.1 Å². The summed E-state index contributed by atoms with van der Waals surface area (Å²) in [6, 6.07) is 15.2. The monoisotopic (exact) mass is 540 g/mol. The Balaban J connectivity index is 0.00000361. The molecule has 0 saturated heterocycles. The second-order valence-electron chi connectivity index (χ2n) is 8.32. The van der Waals surface area contributed by atoms with Gasteiger partial charge in [0.25, 0.3) is 0 Å². The Labute approximate surface area is 268 Å². The molecule has 194 valence electrons. The summed E-state index contributed by atoms with van der Waals surface area (Å²) < 4.78 is 17.9. The first-order chi connectivity index (χ1) is 17.3. The molecule has 38 heavy (non-hydrogen) atoms. The fraction of sp³-hybridized carbons (Fsp3) is 0.310. The molecule has 0 aromatic heterocycles. The van der Waals surface area contributed by atoms with Crippen molar-refractivity contribution in [2.75, 3.05) is 13.2 Å². The Bertz CT molecular complexity index is 1230. The van der Waals surface area contributed by atoms with Crippen LogP contribution in [0.1, 0.15) is 65.5 Å². The summed E-state index contributed by atoms with van der Waals surface area (Å²) in [4.78, 5) is 23.2. The summed E-state index contributed by atoms with van der Waals surface area (Å²) in [5.41, 5.74) is 2.12. The van der Waals surface area contributed by atoms with Gasteiger partial charge in [0.2, 0.25) is 0 Å². The summed E-state index contributed by atoms with van der Waals surface area (Å²) >= 11 is 0. The molecule has 0 heterocycles. The van der Waals surface area contributed by atoms with Crippen molar-refractivity contribution >= 4 is 70.9 Å². The fourth-order valence-corrected chi connectivity index (χ4v) is 3.85. The van der Waals surface area contributed by atoms with Crippen molar-refractivity contribution in [2.45, 2.75) is 46.5 Å². The number of para-hydroxylation sites is 1. The van der Waals surface area contributed by atoms with Gasteiger partial charge in [-0.25, -0.2) is 4.79 Å². The van der Waals surface area contributed by atoms with E-state index in [1.165, 1.54) is 19.1 Å². The van der Waals surface area contributed by atoms with Gasteiger partial charge < -0.3 is 24.4 Å². The Morgan fingerprint density at radius 3 is 2.08 bits per heavy atom. The van der Waals surface area contributed by atoms with Crippen molar-refractivity contribution in [3.05, 3.63) is 76.9 Å². The van der Waals surface area contributed by atoms with E-state index >= 15 is 0 Å². The summed E-state index contributed by atoms with van der Waals surface area (Å²) in [6.45, 7) is 6.20. The number of benzene rings is 3. The zero-order valence-corrected chi connectivity index (χ0v) is 20.9. The van der Waals surface area contributed by atoms with E-state index in [4.69, 9.17) is 14.2 Å². The SMILES string of the molecule is CCCc1c(OCCCOc2cc(O)c(C(C)=O)cc2CC)cccc1Oc1ccccc1C(=O)O.[NaH].[NaH]. The van der Waals surface area contributed by atoms with Gasteiger partial charge >= 0.3 is 65.1 Å². The van der Waals surface area contributed by atoms with Crippen molar-refractivity contribution in [2.24, 2.45) is 0 Å². The number of ether oxygens (including phenoxy) is 3. The molecule has 0 spiro atoms. The van der Waals surface area contributed by atoms with Crippen molar-refractivity contribution in [3.8, 4) is 28.7 Å². The predicted molar refractivity (Wildman–Crippen MR) is 151 cm³/mol. The number of hydrogen-bond acceptors (Lipinski definition) is 6. The number of phenolic OH excluding ortho intramolecular Hbond substituents is 1. The number of aryl methyl sites for hydroxylation is 1. The van der Waals surface area contributed by atoms with E-state index < -0.39 is 5.97 Å². The minimum atomic E-state index is -1.05. The van der Waals surface area contributed by atoms with Crippen LogP contribution >= 0.6 is 0 Å². The number of carbonyl (C=O) groups is 2. The van der Waals surface area contributed by atoms with E-state index in [2.05, 4.69) is 6.92 Å². The second kappa shape index (κ2) is 16.9. The van der Waals surface area contributed by atoms with Crippen LogP contribution in [0.5, 0.6) is 28.7 Å². The molecule has 0 amide bonds. The Kier molecular flexibility index (Phi) is 15.1. The third-order valence-electron chi connectivity index (χ3n) is 5.67. The molecule has 3 rings (SSSR count). The van der Waals surface area contributed by atoms with Gasteiger partial charge in [-0.3, -0.25) is 4.79 Å². The van der Waals surface area contributed by atoms with Crippen molar-refractivity contribution in [1.29, 1.82) is 0 Å². The maximum absolute atomic E-state index is 11.7. The van der Waals surface area contributed by atoms with E-state index in [-0.39, 0.29) is 82.0 Å². The summed E-state index contributed by atoms with van der Waals surface area (Å²) in [6.07, 6.45) is 2.83. The average Bonchev–Trinajstić information content (AvgIpc) is 2.85. The van der Waals surface area contributed by atoms with E-state index in [9.17, 15) is 19.8 Å². The topological polar surface area (TPSA) is 102 Å². The summed E-state index contributed by atoms with van der Waals surface area (Å²) in [5.74, 6) is 0.746. The molecule has 3 aromatic rings. The van der Waals surface area contributed by atoms with Crippen LogP contribution in [0.4, 0.5) is 0 Å². The van der Waals surface area contributed by atoms with Crippen molar-refractivity contribution < 1.29 is 34.0 Å². The normalized spacial score (nSPS) is 10.1. The average molecular weight is 541 g/mol. The van der Waals surface area contributed by atoms with E-state index in [1.807, 2.05) is 25.1 Å². The zero-order valence-electron chi connectivity index (χ0n) is 20.9. The summed E-state index contributed by atoms with van der Waals surface area (Å²) in [5, 5.41) is 19.6. The van der Waals surface area contributed by atoms with Crippen LogP contribution in [0, 0.1) is 0 Å². The van der Waals surface area contributed by atoms with Gasteiger partial charge in [-0.05, 0) is 55.7 Å². The first-order valence-electron chi connectivity index (χ1n) is 12.1. The molecule has 0 aliphatic rings. The minimum absolute atomic E-state index is 0. The van der Waals surface area contributed by atoms with Crippen molar-refractivity contribution in [1.82, 2.24) is 0 Å². The molecule has 3 aromatic carbocycles. The van der Waals surface area contributed by atoms with Crippen LogP contribution in [0.25, 0.3) is 0 Å². The molecule has 0 bridgehead atoms. The molecular weight excluding hydrogens is 506 g/mol. The molecular formula is C29H34Na2O7. The van der Waals surface area contributed by atoms with Crippen LogP contribution in [0.3, 0.4) is 0 Å². The number of aromatic hydroxyl groups is 1. The molecule has 0 atom stereocenters. The standard InChI is InChI=1S/C29H32O7.2Na.2H/c1-4-10-21-25(13-8-14-26(21)36-27-12-7-6-11-22(27)29(32)33)34-15-9-16-35-28-18-24(31)23(19(3)30)17-20(28)5-2;;;;/h6-8,11-14,17-18,31H,4-5,9-10,15-16H2,1-3H3,(H,32,33);;;;. The first kappa shape index (κ1) is 34.0. The van der Waals surface area contributed by atoms with Gasteiger partial charge in [-0.15, -0.1) is 0 Å². The number of ketones is 1. The van der Waals surface area contributed by atoms with Crippen LogP contribution < -0.4 is 14.2 Å². The molecule has 0 aliphatic carbocycles. The third kappa shape index (κ3) is 9.04. The number of hydrogen-bond donors (Lipinski definition) is 2. The number of carbonyl (C=O) groups excluding carboxylic acids is 1. The molecule has 0 radical (unpaired) electrons. The van der Waals surface area contributed by atoms with E-state index in [0.29, 0.717) is 55.3 Å². The zero-order chi connectivity index (χ0) is 26.1. The Hall–Kier alpha value is -2.00. The number of phenols is 1. The third-order valence-corrected chi connectivity index (χ3v) is 5.67. The predicted octanol–water partition coefficient (Wildman–Crippen LogP) is 5.15. The molecule has 9 heteroatoms. The van der Waals surface area contributed by atoms with Crippen LogP contribution in [0.15, 0.2) is 54.6 Å². The van der Waals surface area contributed by atoms with E-state index in [1.54, 1.807) is 24.3 Å². The Morgan fingerprint density at radius 2 is 1.45 bits per heavy atom. The van der Waals surface area contributed by atoms with Gasteiger partial charge in [0.1, 0.15) is 34.3 Å².